The average Bonchev–Trinajstić information content (AvgIpc) is 2.68. The van der Waals surface area contributed by atoms with Crippen LogP contribution < -0.4 is 16.2 Å². The Morgan fingerprint density at radius 1 is 1.07 bits per heavy atom. The van der Waals surface area contributed by atoms with Crippen molar-refractivity contribution >= 4 is 40.5 Å². The fourth-order valence-electron chi connectivity index (χ4n) is 2.23. The molecule has 28 heavy (non-hydrogen) atoms. The maximum Gasteiger partial charge on any atom is 0.355 e. The van der Waals surface area contributed by atoms with Gasteiger partial charge < -0.3 is 5.32 Å². The summed E-state index contributed by atoms with van der Waals surface area (Å²) in [4.78, 5) is 30.6. The van der Waals surface area contributed by atoms with Crippen molar-refractivity contribution in [2.75, 3.05) is 10.7 Å². The number of aromatic nitrogens is 2. The number of hydrogen-bond acceptors (Lipinski definition) is 7. The van der Waals surface area contributed by atoms with E-state index in [0.717, 1.165) is 6.33 Å². The molecule has 0 fully saturated rings. The van der Waals surface area contributed by atoms with Gasteiger partial charge in [0.05, 0.1) is 15.5 Å². The van der Waals surface area contributed by atoms with E-state index in [2.05, 4.69) is 26.1 Å². The minimum Gasteiger partial charge on any atom is -0.334 e. The molecular weight excluding hydrogens is 391 g/mol. The van der Waals surface area contributed by atoms with Crippen molar-refractivity contribution in [3.05, 3.63) is 81.4 Å². The standard InChI is InChI=1S/C17H12ClFN6O3/c18-13-4-2-1-3-12(13)17(26)24-23-16-14(25(27)28)15(20-9-21-16)22-11-7-5-10(19)6-8-11/h1-9H,(H,24,26)(H2,20,21,22,23). The van der Waals surface area contributed by atoms with Crippen LogP contribution in [0, 0.1) is 15.9 Å². The van der Waals surface area contributed by atoms with Crippen molar-refractivity contribution in [2.45, 2.75) is 0 Å². The molecule has 9 nitrogen and oxygen atoms in total. The zero-order chi connectivity index (χ0) is 20.1. The molecule has 11 heteroatoms. The minimum atomic E-state index is -0.712. The molecule has 1 amide bonds. The third-order valence-corrected chi connectivity index (χ3v) is 3.85. The maximum absolute atomic E-state index is 13.0. The number of benzene rings is 2. The lowest BCUT2D eigenvalue weighted by Crippen LogP contribution is -2.30. The van der Waals surface area contributed by atoms with Gasteiger partial charge in [-0.1, -0.05) is 23.7 Å². The van der Waals surface area contributed by atoms with Gasteiger partial charge in [0.15, 0.2) is 0 Å². The van der Waals surface area contributed by atoms with Crippen LogP contribution in [0.25, 0.3) is 0 Å². The number of anilines is 3. The van der Waals surface area contributed by atoms with E-state index in [9.17, 15) is 19.3 Å². The lowest BCUT2D eigenvalue weighted by atomic mass is 10.2. The molecule has 2 aromatic carbocycles. The van der Waals surface area contributed by atoms with Gasteiger partial charge in [0.1, 0.15) is 12.1 Å². The van der Waals surface area contributed by atoms with Crippen molar-refractivity contribution < 1.29 is 14.1 Å². The van der Waals surface area contributed by atoms with Crippen molar-refractivity contribution in [2.24, 2.45) is 0 Å². The van der Waals surface area contributed by atoms with E-state index in [-0.39, 0.29) is 22.2 Å². The van der Waals surface area contributed by atoms with Crippen LogP contribution in [0.4, 0.5) is 27.4 Å². The Balaban J connectivity index is 1.83. The normalized spacial score (nSPS) is 10.2. The molecule has 3 rings (SSSR count). The molecule has 0 saturated carbocycles. The Kier molecular flexibility index (Phi) is 5.61. The predicted molar refractivity (Wildman–Crippen MR) is 101 cm³/mol. The van der Waals surface area contributed by atoms with Crippen molar-refractivity contribution in [1.82, 2.24) is 15.4 Å². The molecule has 142 valence electrons. The first-order valence-corrected chi connectivity index (χ1v) is 8.16. The highest BCUT2D eigenvalue weighted by atomic mass is 35.5. The zero-order valence-corrected chi connectivity index (χ0v) is 14.8. The first-order valence-electron chi connectivity index (χ1n) is 7.78. The molecule has 1 heterocycles. The quantitative estimate of drug-likeness (QED) is 0.424. The number of nitro groups is 1. The molecule has 0 saturated heterocycles. The highest BCUT2D eigenvalue weighted by Gasteiger charge is 2.24. The van der Waals surface area contributed by atoms with Gasteiger partial charge in [-0.25, -0.2) is 14.4 Å². The maximum atomic E-state index is 13.0. The van der Waals surface area contributed by atoms with Crippen LogP contribution in [0.5, 0.6) is 0 Å². The molecule has 0 atom stereocenters. The second-order valence-electron chi connectivity index (χ2n) is 5.37. The van der Waals surface area contributed by atoms with Crippen LogP contribution in [-0.4, -0.2) is 20.8 Å². The lowest BCUT2D eigenvalue weighted by molar-refractivity contribution is -0.383. The second-order valence-corrected chi connectivity index (χ2v) is 5.77. The van der Waals surface area contributed by atoms with E-state index in [4.69, 9.17) is 11.6 Å². The van der Waals surface area contributed by atoms with Gasteiger partial charge in [-0.2, -0.15) is 0 Å². The topological polar surface area (TPSA) is 122 Å². The van der Waals surface area contributed by atoms with E-state index in [1.54, 1.807) is 12.1 Å². The van der Waals surface area contributed by atoms with Crippen LogP contribution >= 0.6 is 11.6 Å². The third kappa shape index (κ3) is 4.30. The fourth-order valence-corrected chi connectivity index (χ4v) is 2.45. The SMILES string of the molecule is O=C(NNc1ncnc(Nc2ccc(F)cc2)c1[N+](=O)[O-])c1ccccc1Cl. The summed E-state index contributed by atoms with van der Waals surface area (Å²) in [6, 6.07) is 11.5. The molecule has 1 aromatic heterocycles. The summed E-state index contributed by atoms with van der Waals surface area (Å²) in [5, 5.41) is 14.4. The zero-order valence-electron chi connectivity index (χ0n) is 14.0. The monoisotopic (exact) mass is 402 g/mol. The number of nitrogens with one attached hydrogen (secondary N) is 3. The van der Waals surface area contributed by atoms with E-state index >= 15 is 0 Å². The highest BCUT2D eigenvalue weighted by molar-refractivity contribution is 6.33. The Morgan fingerprint density at radius 2 is 1.75 bits per heavy atom. The van der Waals surface area contributed by atoms with Gasteiger partial charge in [0.25, 0.3) is 5.91 Å². The number of carbonyl (C=O) groups excluding carboxylic acids is 1. The number of rotatable bonds is 6. The fraction of sp³-hybridized carbons (Fsp3) is 0. The number of halogens is 2. The van der Waals surface area contributed by atoms with Crippen molar-refractivity contribution in [3.63, 3.8) is 0 Å². The number of hydrazine groups is 1. The van der Waals surface area contributed by atoms with Crippen molar-refractivity contribution in [1.29, 1.82) is 0 Å². The highest BCUT2D eigenvalue weighted by Crippen LogP contribution is 2.30. The van der Waals surface area contributed by atoms with Gasteiger partial charge in [0, 0.05) is 5.69 Å². The van der Waals surface area contributed by atoms with Gasteiger partial charge in [-0.15, -0.1) is 0 Å². The van der Waals surface area contributed by atoms with Crippen LogP contribution in [-0.2, 0) is 0 Å². The summed E-state index contributed by atoms with van der Waals surface area (Å²) < 4.78 is 13.0. The molecule has 0 aliphatic rings. The summed E-state index contributed by atoms with van der Waals surface area (Å²) in [6.07, 6.45) is 1.07. The van der Waals surface area contributed by atoms with E-state index in [1.165, 1.54) is 36.4 Å². The van der Waals surface area contributed by atoms with Gasteiger partial charge in [0.2, 0.25) is 11.6 Å². The van der Waals surface area contributed by atoms with Gasteiger partial charge in [-0.3, -0.25) is 25.8 Å². The lowest BCUT2D eigenvalue weighted by Gasteiger charge is -2.11. The Bertz CT molecular complexity index is 1030. The van der Waals surface area contributed by atoms with Crippen LogP contribution in [0.3, 0.4) is 0 Å². The Labute approximate surface area is 162 Å². The van der Waals surface area contributed by atoms with Crippen LogP contribution in [0.1, 0.15) is 10.4 Å². The van der Waals surface area contributed by atoms with Crippen LogP contribution in [0.2, 0.25) is 5.02 Å². The number of nitrogens with zero attached hydrogens (tertiary/aromatic N) is 3. The number of amides is 1. The average molecular weight is 403 g/mol. The molecule has 0 radical (unpaired) electrons. The van der Waals surface area contributed by atoms with E-state index in [1.807, 2.05) is 0 Å². The Morgan fingerprint density at radius 3 is 2.43 bits per heavy atom. The summed E-state index contributed by atoms with van der Waals surface area (Å²) in [6.45, 7) is 0. The Hall–Kier alpha value is -3.79. The molecule has 0 bridgehead atoms. The summed E-state index contributed by atoms with van der Waals surface area (Å²) >= 11 is 5.95. The first-order chi connectivity index (χ1) is 13.5. The van der Waals surface area contributed by atoms with Gasteiger partial charge >= 0.3 is 5.69 Å². The summed E-state index contributed by atoms with van der Waals surface area (Å²) in [5.74, 6) is -1.44. The van der Waals surface area contributed by atoms with Crippen molar-refractivity contribution in [3.8, 4) is 0 Å². The molecule has 0 aliphatic heterocycles. The molecule has 3 N–H and O–H groups in total. The number of hydrogen-bond donors (Lipinski definition) is 3. The predicted octanol–water partition coefficient (Wildman–Crippen LogP) is 3.68. The summed E-state index contributed by atoms with van der Waals surface area (Å²) in [7, 11) is 0. The molecular formula is C17H12ClFN6O3. The minimum absolute atomic E-state index is 0.138. The van der Waals surface area contributed by atoms with E-state index < -0.39 is 22.3 Å². The first kappa shape index (κ1) is 19.0. The largest absolute Gasteiger partial charge is 0.355 e. The third-order valence-electron chi connectivity index (χ3n) is 3.52. The van der Waals surface area contributed by atoms with E-state index in [0.29, 0.717) is 5.69 Å². The summed E-state index contributed by atoms with van der Waals surface area (Å²) in [5.41, 5.74) is 4.76. The molecule has 0 spiro atoms. The number of carbonyl (C=O) groups is 1. The smallest absolute Gasteiger partial charge is 0.334 e. The van der Waals surface area contributed by atoms with Crippen LogP contribution in [0.15, 0.2) is 54.9 Å². The second kappa shape index (κ2) is 8.27. The van der Waals surface area contributed by atoms with Gasteiger partial charge in [-0.05, 0) is 36.4 Å². The molecule has 0 unspecified atom stereocenters. The molecule has 3 aromatic rings. The molecule has 0 aliphatic carbocycles.